The van der Waals surface area contributed by atoms with Crippen LogP contribution in [-0.4, -0.2) is 22.8 Å². The Kier molecular flexibility index (Phi) is 5.19. The molecule has 0 amide bonds. The van der Waals surface area contributed by atoms with Crippen LogP contribution < -0.4 is 5.32 Å². The first-order chi connectivity index (χ1) is 14.8. The number of allylic oxidation sites excluding steroid dienone is 2. The van der Waals surface area contributed by atoms with Gasteiger partial charge in [0.15, 0.2) is 0 Å². The third-order valence-corrected chi connectivity index (χ3v) is 12.7. The highest BCUT2D eigenvalue weighted by molar-refractivity contribution is 5.38. The third kappa shape index (κ3) is 3.03. The molecule has 1 aliphatic heterocycles. The van der Waals surface area contributed by atoms with E-state index < -0.39 is 0 Å². The van der Waals surface area contributed by atoms with E-state index in [1.807, 2.05) is 11.1 Å². The van der Waals surface area contributed by atoms with Gasteiger partial charge in [-0.05, 0) is 117 Å². The minimum absolute atomic E-state index is 0.0462. The monoisotopic (exact) mass is 441 g/mol. The molecule has 8 atom stereocenters. The smallest absolute Gasteiger partial charge is 0.0594 e. The van der Waals surface area contributed by atoms with Crippen molar-refractivity contribution in [1.29, 1.82) is 0 Å². The van der Waals surface area contributed by atoms with Crippen molar-refractivity contribution in [3.8, 4) is 0 Å². The zero-order valence-electron chi connectivity index (χ0n) is 22.4. The van der Waals surface area contributed by atoms with E-state index in [9.17, 15) is 5.11 Å². The molecule has 0 radical (unpaired) electrons. The Balaban J connectivity index is 1.41. The molecule has 2 heteroatoms. The van der Waals surface area contributed by atoms with Crippen molar-refractivity contribution in [3.63, 3.8) is 0 Å². The van der Waals surface area contributed by atoms with Gasteiger partial charge in [-0.25, -0.2) is 0 Å². The minimum Gasteiger partial charge on any atom is -0.393 e. The Bertz CT molecular complexity index is 810. The lowest BCUT2D eigenvalue weighted by molar-refractivity contribution is -0.0962. The minimum atomic E-state index is -0.130. The van der Waals surface area contributed by atoms with Crippen LogP contribution in [0.1, 0.15) is 120 Å². The molecular weight excluding hydrogens is 390 g/mol. The molecule has 32 heavy (non-hydrogen) atoms. The first-order valence-corrected chi connectivity index (χ1v) is 14.0. The predicted molar refractivity (Wildman–Crippen MR) is 134 cm³/mol. The summed E-state index contributed by atoms with van der Waals surface area (Å²) in [5, 5.41) is 14.5. The van der Waals surface area contributed by atoms with E-state index in [0.29, 0.717) is 27.7 Å². The van der Waals surface area contributed by atoms with E-state index in [1.165, 1.54) is 57.8 Å². The van der Waals surface area contributed by atoms with Crippen molar-refractivity contribution < 1.29 is 5.11 Å². The van der Waals surface area contributed by atoms with Crippen LogP contribution in [0.4, 0.5) is 0 Å². The molecule has 0 aromatic rings. The van der Waals surface area contributed by atoms with Crippen molar-refractivity contribution in [2.45, 2.75) is 137 Å². The first-order valence-electron chi connectivity index (χ1n) is 14.0. The molecule has 1 unspecified atom stereocenters. The van der Waals surface area contributed by atoms with Gasteiger partial charge in [-0.3, -0.25) is 0 Å². The van der Waals surface area contributed by atoms with Crippen LogP contribution in [0.3, 0.4) is 0 Å². The number of aliphatic hydroxyl groups excluding tert-OH is 1. The van der Waals surface area contributed by atoms with Crippen LogP contribution in [0.15, 0.2) is 11.1 Å². The maximum atomic E-state index is 10.8. The molecular formula is C30H51NO. The highest BCUT2D eigenvalue weighted by Crippen LogP contribution is 2.72. The lowest BCUT2D eigenvalue weighted by Gasteiger charge is -2.62. The zero-order valence-corrected chi connectivity index (χ0v) is 22.4. The van der Waals surface area contributed by atoms with E-state index >= 15 is 0 Å². The summed E-state index contributed by atoms with van der Waals surface area (Å²) < 4.78 is 0. The van der Waals surface area contributed by atoms with Crippen LogP contribution in [0, 0.1) is 39.4 Å². The summed E-state index contributed by atoms with van der Waals surface area (Å²) in [6, 6.07) is 0.742. The van der Waals surface area contributed by atoms with Crippen molar-refractivity contribution >= 4 is 0 Å². The Morgan fingerprint density at radius 2 is 1.59 bits per heavy atom. The van der Waals surface area contributed by atoms with Crippen molar-refractivity contribution in [2.75, 3.05) is 0 Å². The average molecular weight is 442 g/mol. The average Bonchev–Trinajstić information content (AvgIpc) is 3.22. The molecule has 0 aromatic heterocycles. The molecule has 0 aromatic carbocycles. The van der Waals surface area contributed by atoms with Gasteiger partial charge in [-0.1, -0.05) is 52.7 Å². The summed E-state index contributed by atoms with van der Waals surface area (Å²) in [7, 11) is 0. The Morgan fingerprint density at radius 1 is 0.906 bits per heavy atom. The van der Waals surface area contributed by atoms with Crippen LogP contribution >= 0.6 is 0 Å². The SMILES string of the molecule is C[C@H](CCC1NC1(C)C)[C@H]1CC[C@@]2(C)C3=C(CC[C@]12C)[C@@]1(C)CC[C@H](O)C(C)(C)[C@@H]1CC3. The second-order valence-corrected chi connectivity index (χ2v) is 14.7. The van der Waals surface area contributed by atoms with Gasteiger partial charge in [-0.2, -0.15) is 0 Å². The lowest BCUT2D eigenvalue weighted by Crippen LogP contribution is -2.55. The Labute approximate surface area is 198 Å². The van der Waals surface area contributed by atoms with E-state index in [0.717, 1.165) is 24.3 Å². The topological polar surface area (TPSA) is 42.2 Å². The maximum Gasteiger partial charge on any atom is 0.0594 e. The largest absolute Gasteiger partial charge is 0.393 e. The summed E-state index contributed by atoms with van der Waals surface area (Å²) in [4.78, 5) is 0. The van der Waals surface area contributed by atoms with Crippen LogP contribution in [0.2, 0.25) is 0 Å². The fourth-order valence-corrected chi connectivity index (χ4v) is 10.1. The summed E-state index contributed by atoms with van der Waals surface area (Å²) in [6.45, 7) is 19.9. The Morgan fingerprint density at radius 3 is 2.25 bits per heavy atom. The summed E-state index contributed by atoms with van der Waals surface area (Å²) >= 11 is 0. The van der Waals surface area contributed by atoms with Gasteiger partial charge in [-0.15, -0.1) is 0 Å². The summed E-state index contributed by atoms with van der Waals surface area (Å²) in [5.74, 6) is 2.34. The van der Waals surface area contributed by atoms with Gasteiger partial charge < -0.3 is 10.4 Å². The molecule has 182 valence electrons. The van der Waals surface area contributed by atoms with Gasteiger partial charge in [0.25, 0.3) is 0 Å². The van der Waals surface area contributed by atoms with Crippen molar-refractivity contribution in [1.82, 2.24) is 5.32 Å². The van der Waals surface area contributed by atoms with Crippen LogP contribution in [0.25, 0.3) is 0 Å². The molecule has 5 aliphatic rings. The fourth-order valence-electron chi connectivity index (χ4n) is 10.1. The van der Waals surface area contributed by atoms with Crippen molar-refractivity contribution in [2.24, 2.45) is 39.4 Å². The van der Waals surface area contributed by atoms with Crippen LogP contribution in [-0.2, 0) is 0 Å². The molecule has 4 aliphatic carbocycles. The molecule has 1 saturated heterocycles. The number of hydrogen-bond donors (Lipinski definition) is 2. The normalized spacial score (nSPS) is 49.8. The first kappa shape index (κ1) is 23.4. The number of aliphatic hydroxyl groups is 1. The van der Waals surface area contributed by atoms with E-state index in [2.05, 4.69) is 60.7 Å². The second-order valence-electron chi connectivity index (χ2n) is 14.7. The number of rotatable bonds is 4. The number of hydrogen-bond acceptors (Lipinski definition) is 2. The third-order valence-electron chi connectivity index (χ3n) is 12.7. The van der Waals surface area contributed by atoms with E-state index in [-0.39, 0.29) is 11.5 Å². The second kappa shape index (κ2) is 7.09. The number of fused-ring (bicyclic) bond motifs is 4. The quantitative estimate of drug-likeness (QED) is 0.356. The molecule has 3 fully saturated rings. The maximum absolute atomic E-state index is 10.8. The van der Waals surface area contributed by atoms with Crippen LogP contribution in [0.5, 0.6) is 0 Å². The summed E-state index contributed by atoms with van der Waals surface area (Å²) in [5.41, 5.74) is 5.34. The molecule has 2 nitrogen and oxygen atoms in total. The molecule has 1 heterocycles. The molecule has 5 rings (SSSR count). The van der Waals surface area contributed by atoms with Gasteiger partial charge in [0.1, 0.15) is 0 Å². The van der Waals surface area contributed by atoms with E-state index in [1.54, 1.807) is 0 Å². The van der Waals surface area contributed by atoms with Gasteiger partial charge >= 0.3 is 0 Å². The standard InChI is InChI=1S/C30H51NO/c1-19(9-12-24-27(4,5)31-24)20-13-17-30(8)22-10-11-23-26(2,3)25(32)15-16-28(23,6)21(22)14-18-29(20,30)7/h19-20,23-25,31-32H,9-18H2,1-8H3/t19-,20-,23+,24?,25+,28-,29-,30+/m1/s1. The van der Waals surface area contributed by atoms with E-state index in [4.69, 9.17) is 0 Å². The van der Waals surface area contributed by atoms with Gasteiger partial charge in [0.2, 0.25) is 0 Å². The molecule has 0 spiro atoms. The van der Waals surface area contributed by atoms with Gasteiger partial charge in [0.05, 0.1) is 6.10 Å². The van der Waals surface area contributed by atoms with Crippen molar-refractivity contribution in [3.05, 3.63) is 11.1 Å². The highest BCUT2D eigenvalue weighted by atomic mass is 16.3. The molecule has 2 saturated carbocycles. The lowest BCUT2D eigenvalue weighted by atomic mass is 9.43. The fraction of sp³-hybridized carbons (Fsp3) is 0.933. The molecule has 0 bridgehead atoms. The highest BCUT2D eigenvalue weighted by Gasteiger charge is 2.63. The molecule has 2 N–H and O–H groups in total. The number of nitrogens with one attached hydrogen (secondary N) is 1. The Hall–Kier alpha value is -0.340. The zero-order chi connectivity index (χ0) is 23.3. The van der Waals surface area contributed by atoms with Gasteiger partial charge in [0, 0.05) is 11.6 Å². The summed E-state index contributed by atoms with van der Waals surface area (Å²) in [6.07, 6.45) is 12.9. The predicted octanol–water partition coefficient (Wildman–Crippen LogP) is 7.26.